The topological polar surface area (TPSA) is 17.1 Å². The Morgan fingerprint density at radius 1 is 1.11 bits per heavy atom. The first-order valence-electron chi connectivity index (χ1n) is 4.98. The van der Waals surface area contributed by atoms with Gasteiger partial charge in [-0.2, -0.15) is 0 Å². The van der Waals surface area contributed by atoms with Gasteiger partial charge in [-0.25, -0.2) is 8.78 Å². The van der Waals surface area contributed by atoms with Gasteiger partial charge in [-0.3, -0.25) is 4.79 Å². The van der Waals surface area contributed by atoms with Gasteiger partial charge in [0, 0.05) is 15.4 Å². The monoisotopic (exact) mass is 284 g/mol. The Kier molecular flexibility index (Phi) is 3.99. The van der Waals surface area contributed by atoms with Crippen LogP contribution >= 0.6 is 23.4 Å². The van der Waals surface area contributed by atoms with Crippen LogP contribution in [0.25, 0.3) is 0 Å². The van der Waals surface area contributed by atoms with Crippen LogP contribution in [0.15, 0.2) is 46.2 Å². The molecule has 1 nitrogen and oxygen atoms in total. The van der Waals surface area contributed by atoms with Gasteiger partial charge < -0.3 is 0 Å². The van der Waals surface area contributed by atoms with Crippen LogP contribution in [0.3, 0.4) is 0 Å². The molecule has 18 heavy (non-hydrogen) atoms. The molecule has 0 aliphatic rings. The van der Waals surface area contributed by atoms with Crippen LogP contribution in [0.4, 0.5) is 8.78 Å². The maximum absolute atomic E-state index is 13.1. The zero-order chi connectivity index (χ0) is 13.1. The molecule has 2 rings (SSSR count). The van der Waals surface area contributed by atoms with Gasteiger partial charge in [0.05, 0.1) is 5.02 Å². The molecule has 2 aromatic rings. The van der Waals surface area contributed by atoms with Crippen LogP contribution in [0.2, 0.25) is 5.02 Å². The van der Waals surface area contributed by atoms with Crippen LogP contribution < -0.4 is 0 Å². The number of carbonyl (C=O) groups excluding carboxylic acids is 1. The molecule has 0 saturated heterocycles. The molecule has 0 aliphatic carbocycles. The minimum Gasteiger partial charge on any atom is -0.298 e. The molecule has 0 atom stereocenters. The smallest absolute Gasteiger partial charge is 0.159 e. The lowest BCUT2D eigenvalue weighted by Gasteiger charge is -2.06. The summed E-state index contributed by atoms with van der Waals surface area (Å²) in [4.78, 5) is 12.0. The van der Waals surface area contributed by atoms with E-state index >= 15 is 0 Å². The molecule has 0 aliphatic heterocycles. The molecule has 0 radical (unpaired) electrons. The second-order valence-corrected chi connectivity index (χ2v) is 4.97. The number of aldehydes is 1. The van der Waals surface area contributed by atoms with Crippen LogP contribution in [0.5, 0.6) is 0 Å². The molecule has 0 N–H and O–H groups in total. The van der Waals surface area contributed by atoms with Crippen molar-refractivity contribution in [1.82, 2.24) is 0 Å². The van der Waals surface area contributed by atoms with Crippen molar-refractivity contribution in [2.45, 2.75) is 9.79 Å². The number of hydrogen-bond acceptors (Lipinski definition) is 2. The van der Waals surface area contributed by atoms with E-state index in [-0.39, 0.29) is 0 Å². The molecular formula is C13H7ClF2OS. The summed E-state index contributed by atoms with van der Waals surface area (Å²) < 4.78 is 25.8. The van der Waals surface area contributed by atoms with E-state index in [0.717, 1.165) is 23.9 Å². The summed E-state index contributed by atoms with van der Waals surface area (Å²) in [6, 6.07) is 8.55. The summed E-state index contributed by atoms with van der Waals surface area (Å²) in [5.74, 6) is -1.82. The second-order valence-electron chi connectivity index (χ2n) is 3.45. The van der Waals surface area contributed by atoms with E-state index in [1.807, 2.05) is 0 Å². The summed E-state index contributed by atoms with van der Waals surface area (Å²) in [6.45, 7) is 0. The first kappa shape index (κ1) is 13.1. The van der Waals surface area contributed by atoms with Crippen LogP contribution in [-0.2, 0) is 0 Å². The number of halogens is 3. The van der Waals surface area contributed by atoms with E-state index in [1.165, 1.54) is 6.07 Å². The minimum absolute atomic E-state index is 0.331. The van der Waals surface area contributed by atoms with Crippen molar-refractivity contribution in [3.8, 4) is 0 Å². The van der Waals surface area contributed by atoms with Crippen LogP contribution in [-0.4, -0.2) is 6.29 Å². The molecule has 0 aromatic heterocycles. The molecule has 0 heterocycles. The third-order valence-corrected chi connectivity index (χ3v) is 3.64. The largest absolute Gasteiger partial charge is 0.298 e. The first-order chi connectivity index (χ1) is 8.61. The fraction of sp³-hybridized carbons (Fsp3) is 0. The Bertz CT molecular complexity index is 602. The molecule has 92 valence electrons. The van der Waals surface area contributed by atoms with E-state index in [9.17, 15) is 13.6 Å². The predicted octanol–water partition coefficient (Wildman–Crippen LogP) is 4.58. The van der Waals surface area contributed by atoms with Crippen molar-refractivity contribution >= 4 is 29.6 Å². The van der Waals surface area contributed by atoms with Gasteiger partial charge in [0.15, 0.2) is 17.9 Å². The molecule has 0 unspecified atom stereocenters. The lowest BCUT2D eigenvalue weighted by Crippen LogP contribution is -1.88. The number of benzene rings is 2. The number of carbonyl (C=O) groups is 1. The Morgan fingerprint density at radius 2 is 1.89 bits per heavy atom. The molecule has 0 bridgehead atoms. The standard InChI is InChI=1S/C13H7ClF2OS/c14-10-2-1-3-13(9(10)7-17)18-8-4-5-11(15)12(16)6-8/h1-7H. The highest BCUT2D eigenvalue weighted by molar-refractivity contribution is 7.99. The molecular weight excluding hydrogens is 278 g/mol. The summed E-state index contributed by atoms with van der Waals surface area (Å²) >= 11 is 7.03. The fourth-order valence-corrected chi connectivity index (χ4v) is 2.63. The highest BCUT2D eigenvalue weighted by atomic mass is 35.5. The zero-order valence-corrected chi connectivity index (χ0v) is 10.6. The number of hydrogen-bond donors (Lipinski definition) is 0. The van der Waals surface area contributed by atoms with Gasteiger partial charge in [-0.1, -0.05) is 29.4 Å². The van der Waals surface area contributed by atoms with Crippen molar-refractivity contribution in [3.05, 3.63) is 58.6 Å². The van der Waals surface area contributed by atoms with Crippen molar-refractivity contribution in [2.75, 3.05) is 0 Å². The Balaban J connectivity index is 2.36. The molecule has 0 saturated carbocycles. The van der Waals surface area contributed by atoms with Crippen molar-refractivity contribution in [1.29, 1.82) is 0 Å². The van der Waals surface area contributed by atoms with E-state index in [2.05, 4.69) is 0 Å². The van der Waals surface area contributed by atoms with Crippen molar-refractivity contribution in [2.24, 2.45) is 0 Å². The summed E-state index contributed by atoms with van der Waals surface area (Å²) in [5.41, 5.74) is 0.342. The first-order valence-corrected chi connectivity index (χ1v) is 6.18. The average molecular weight is 285 g/mol. The van der Waals surface area contributed by atoms with Gasteiger partial charge in [-0.15, -0.1) is 0 Å². The van der Waals surface area contributed by atoms with Crippen LogP contribution in [0.1, 0.15) is 10.4 Å². The molecule has 0 spiro atoms. The third kappa shape index (κ3) is 2.71. The van der Waals surface area contributed by atoms with Gasteiger partial charge >= 0.3 is 0 Å². The maximum atomic E-state index is 13.1. The normalized spacial score (nSPS) is 10.4. The Hall–Kier alpha value is -1.39. The van der Waals surface area contributed by atoms with E-state index in [0.29, 0.717) is 26.7 Å². The Morgan fingerprint density at radius 3 is 2.56 bits per heavy atom. The van der Waals surface area contributed by atoms with E-state index < -0.39 is 11.6 Å². The summed E-state index contributed by atoms with van der Waals surface area (Å²) in [5, 5.41) is 0.331. The summed E-state index contributed by atoms with van der Waals surface area (Å²) in [6.07, 6.45) is 0.643. The predicted molar refractivity (Wildman–Crippen MR) is 67.3 cm³/mol. The average Bonchev–Trinajstić information content (AvgIpc) is 2.34. The zero-order valence-electron chi connectivity index (χ0n) is 8.99. The van der Waals surface area contributed by atoms with Gasteiger partial charge in [0.25, 0.3) is 0 Å². The van der Waals surface area contributed by atoms with Gasteiger partial charge in [0.1, 0.15) is 0 Å². The second kappa shape index (κ2) is 5.50. The molecule has 5 heteroatoms. The van der Waals surface area contributed by atoms with E-state index in [1.54, 1.807) is 18.2 Å². The van der Waals surface area contributed by atoms with Crippen molar-refractivity contribution in [3.63, 3.8) is 0 Å². The number of rotatable bonds is 3. The lowest BCUT2D eigenvalue weighted by molar-refractivity contribution is 0.112. The highest BCUT2D eigenvalue weighted by Crippen LogP contribution is 2.33. The van der Waals surface area contributed by atoms with E-state index in [4.69, 9.17) is 11.6 Å². The minimum atomic E-state index is -0.922. The third-order valence-electron chi connectivity index (χ3n) is 2.25. The quantitative estimate of drug-likeness (QED) is 0.767. The fourth-order valence-electron chi connectivity index (χ4n) is 1.39. The molecule has 0 amide bonds. The lowest BCUT2D eigenvalue weighted by atomic mass is 10.2. The SMILES string of the molecule is O=Cc1c(Cl)cccc1Sc1ccc(F)c(F)c1. The Labute approximate surface area is 112 Å². The van der Waals surface area contributed by atoms with Crippen LogP contribution in [0, 0.1) is 11.6 Å². The maximum Gasteiger partial charge on any atom is 0.159 e. The highest BCUT2D eigenvalue weighted by Gasteiger charge is 2.09. The molecule has 2 aromatic carbocycles. The van der Waals surface area contributed by atoms with Gasteiger partial charge in [0.2, 0.25) is 0 Å². The summed E-state index contributed by atoms with van der Waals surface area (Å²) in [7, 11) is 0. The van der Waals surface area contributed by atoms with Crippen molar-refractivity contribution < 1.29 is 13.6 Å². The van der Waals surface area contributed by atoms with Gasteiger partial charge in [-0.05, 0) is 30.3 Å². The molecule has 0 fully saturated rings.